The molecular weight excluding hydrogens is 222 g/mol. The van der Waals surface area contributed by atoms with E-state index in [0.717, 1.165) is 17.3 Å². The van der Waals surface area contributed by atoms with Gasteiger partial charge in [-0.1, -0.05) is 30.9 Å². The Labute approximate surface area is 102 Å². The molecule has 1 aliphatic rings. The molecule has 2 rings (SSSR count). The summed E-state index contributed by atoms with van der Waals surface area (Å²) in [5.74, 6) is 0.577. The lowest BCUT2D eigenvalue weighted by molar-refractivity contribution is 0.298. The van der Waals surface area contributed by atoms with Gasteiger partial charge in [-0.15, -0.1) is 0 Å². The molecule has 1 aromatic heterocycles. The average Bonchev–Trinajstić information content (AvgIpc) is 2.70. The lowest BCUT2D eigenvalue weighted by atomic mass is 9.83. The van der Waals surface area contributed by atoms with Crippen molar-refractivity contribution in [1.29, 1.82) is 0 Å². The van der Waals surface area contributed by atoms with E-state index in [1.54, 1.807) is 6.20 Å². The van der Waals surface area contributed by atoms with Crippen LogP contribution in [0.1, 0.15) is 50.8 Å². The summed E-state index contributed by atoms with van der Waals surface area (Å²) < 4.78 is 1.93. The smallest absolute Gasteiger partial charge is 0.0834 e. The summed E-state index contributed by atoms with van der Waals surface area (Å²) >= 11 is 6.17. The van der Waals surface area contributed by atoms with Gasteiger partial charge in [0.1, 0.15) is 0 Å². The lowest BCUT2D eigenvalue weighted by Gasteiger charge is -2.28. The van der Waals surface area contributed by atoms with Crippen LogP contribution in [0.15, 0.2) is 6.20 Å². The zero-order chi connectivity index (χ0) is 11.5. The Hall–Kier alpha value is -0.540. The van der Waals surface area contributed by atoms with Crippen molar-refractivity contribution in [1.82, 2.24) is 9.78 Å². The van der Waals surface area contributed by atoms with E-state index in [4.69, 9.17) is 17.3 Å². The molecule has 0 spiro atoms. The van der Waals surface area contributed by atoms with Crippen molar-refractivity contribution in [2.24, 2.45) is 11.7 Å². The number of nitrogens with two attached hydrogens (primary N) is 1. The standard InChI is InChI=1S/C12H20ClN3/c1-2-16-12(10(13)8-15-16)11(14)9-6-4-3-5-7-9/h8-9,11H,2-7,14H2,1H3. The highest BCUT2D eigenvalue weighted by Gasteiger charge is 2.26. The second-order valence-electron chi connectivity index (χ2n) is 4.62. The summed E-state index contributed by atoms with van der Waals surface area (Å²) in [4.78, 5) is 0. The van der Waals surface area contributed by atoms with Crippen molar-refractivity contribution < 1.29 is 0 Å². The zero-order valence-corrected chi connectivity index (χ0v) is 10.6. The first-order valence-electron chi connectivity index (χ1n) is 6.20. The maximum atomic E-state index is 6.35. The van der Waals surface area contributed by atoms with Crippen LogP contribution in [0.2, 0.25) is 5.02 Å². The van der Waals surface area contributed by atoms with Gasteiger partial charge in [0.15, 0.2) is 0 Å². The molecule has 0 aliphatic heterocycles. The summed E-state index contributed by atoms with van der Waals surface area (Å²) in [7, 11) is 0. The molecule has 0 radical (unpaired) electrons. The highest BCUT2D eigenvalue weighted by atomic mass is 35.5. The fraction of sp³-hybridized carbons (Fsp3) is 0.750. The Bertz CT molecular complexity index is 342. The minimum Gasteiger partial charge on any atom is -0.322 e. The molecule has 2 N–H and O–H groups in total. The zero-order valence-electron chi connectivity index (χ0n) is 9.82. The summed E-state index contributed by atoms with van der Waals surface area (Å²) in [5, 5.41) is 4.98. The highest BCUT2D eigenvalue weighted by Crippen LogP contribution is 2.35. The molecule has 1 saturated carbocycles. The third-order valence-corrected chi connectivity index (χ3v) is 3.90. The fourth-order valence-electron chi connectivity index (χ4n) is 2.67. The number of hydrogen-bond donors (Lipinski definition) is 1. The van der Waals surface area contributed by atoms with Gasteiger partial charge in [0.2, 0.25) is 0 Å². The Balaban J connectivity index is 2.18. The first-order chi connectivity index (χ1) is 7.74. The van der Waals surface area contributed by atoms with E-state index in [2.05, 4.69) is 12.0 Å². The molecule has 0 bridgehead atoms. The van der Waals surface area contributed by atoms with E-state index in [1.807, 2.05) is 4.68 Å². The first kappa shape index (κ1) is 11.9. The monoisotopic (exact) mass is 241 g/mol. The average molecular weight is 242 g/mol. The van der Waals surface area contributed by atoms with Gasteiger partial charge >= 0.3 is 0 Å². The molecule has 3 nitrogen and oxygen atoms in total. The molecule has 0 saturated heterocycles. The van der Waals surface area contributed by atoms with E-state index < -0.39 is 0 Å². The molecule has 4 heteroatoms. The van der Waals surface area contributed by atoms with Crippen molar-refractivity contribution >= 4 is 11.6 Å². The number of halogens is 1. The Kier molecular flexibility index (Phi) is 3.87. The topological polar surface area (TPSA) is 43.8 Å². The molecule has 1 unspecified atom stereocenters. The van der Waals surface area contributed by atoms with Gasteiger partial charge in [0.05, 0.1) is 23.0 Å². The van der Waals surface area contributed by atoms with Gasteiger partial charge in [0, 0.05) is 6.54 Å². The van der Waals surface area contributed by atoms with Crippen LogP contribution in [0.5, 0.6) is 0 Å². The molecule has 1 aliphatic carbocycles. The van der Waals surface area contributed by atoms with E-state index >= 15 is 0 Å². The van der Waals surface area contributed by atoms with E-state index in [9.17, 15) is 0 Å². The van der Waals surface area contributed by atoms with Crippen LogP contribution in [0.4, 0.5) is 0 Å². The molecule has 1 atom stereocenters. The lowest BCUT2D eigenvalue weighted by Crippen LogP contribution is -2.26. The molecule has 90 valence electrons. The number of aryl methyl sites for hydroxylation is 1. The van der Waals surface area contributed by atoms with Crippen molar-refractivity contribution in [3.05, 3.63) is 16.9 Å². The maximum Gasteiger partial charge on any atom is 0.0834 e. The third-order valence-electron chi connectivity index (χ3n) is 3.61. The summed E-state index contributed by atoms with van der Waals surface area (Å²) in [6.45, 7) is 2.91. The Morgan fingerprint density at radius 3 is 2.81 bits per heavy atom. The number of hydrogen-bond acceptors (Lipinski definition) is 2. The van der Waals surface area contributed by atoms with Gasteiger partial charge in [-0.25, -0.2) is 0 Å². The van der Waals surface area contributed by atoms with Gasteiger partial charge in [-0.2, -0.15) is 5.10 Å². The van der Waals surface area contributed by atoms with E-state index in [-0.39, 0.29) is 6.04 Å². The predicted octanol–water partition coefficient (Wildman–Crippen LogP) is 3.14. The Morgan fingerprint density at radius 2 is 2.19 bits per heavy atom. The minimum absolute atomic E-state index is 0.0512. The van der Waals surface area contributed by atoms with Gasteiger partial charge in [-0.3, -0.25) is 4.68 Å². The second-order valence-corrected chi connectivity index (χ2v) is 5.02. The van der Waals surface area contributed by atoms with Crippen molar-refractivity contribution in [3.63, 3.8) is 0 Å². The van der Waals surface area contributed by atoms with E-state index in [0.29, 0.717) is 5.92 Å². The SMILES string of the molecule is CCn1ncc(Cl)c1C(N)C1CCCCC1. The highest BCUT2D eigenvalue weighted by molar-refractivity contribution is 6.31. The molecule has 0 amide bonds. The maximum absolute atomic E-state index is 6.35. The number of aromatic nitrogens is 2. The van der Waals surface area contributed by atoms with Gasteiger partial charge in [-0.05, 0) is 25.7 Å². The first-order valence-corrected chi connectivity index (χ1v) is 6.58. The minimum atomic E-state index is 0.0512. The molecule has 1 heterocycles. The summed E-state index contributed by atoms with van der Waals surface area (Å²) in [5.41, 5.74) is 7.37. The largest absolute Gasteiger partial charge is 0.322 e. The van der Waals surface area contributed by atoms with Crippen LogP contribution in [-0.2, 0) is 6.54 Å². The third kappa shape index (κ3) is 2.25. The van der Waals surface area contributed by atoms with Crippen LogP contribution in [0.3, 0.4) is 0 Å². The van der Waals surface area contributed by atoms with Crippen LogP contribution in [-0.4, -0.2) is 9.78 Å². The quantitative estimate of drug-likeness (QED) is 0.884. The van der Waals surface area contributed by atoms with Crippen molar-refractivity contribution in [2.45, 2.75) is 51.6 Å². The van der Waals surface area contributed by atoms with Gasteiger partial charge in [0.25, 0.3) is 0 Å². The number of rotatable bonds is 3. The fourth-order valence-corrected chi connectivity index (χ4v) is 2.94. The van der Waals surface area contributed by atoms with Crippen molar-refractivity contribution in [3.8, 4) is 0 Å². The normalized spacial score (nSPS) is 19.9. The van der Waals surface area contributed by atoms with Crippen molar-refractivity contribution in [2.75, 3.05) is 0 Å². The van der Waals surface area contributed by atoms with Crippen LogP contribution in [0.25, 0.3) is 0 Å². The van der Waals surface area contributed by atoms with Crippen LogP contribution in [0, 0.1) is 5.92 Å². The number of nitrogens with zero attached hydrogens (tertiary/aromatic N) is 2. The summed E-state index contributed by atoms with van der Waals surface area (Å²) in [6, 6.07) is 0.0512. The molecule has 1 aromatic rings. The molecule has 1 fully saturated rings. The van der Waals surface area contributed by atoms with Gasteiger partial charge < -0.3 is 5.73 Å². The molecule has 16 heavy (non-hydrogen) atoms. The molecular formula is C12H20ClN3. The van der Waals surface area contributed by atoms with E-state index in [1.165, 1.54) is 32.1 Å². The van der Waals surface area contributed by atoms with Crippen LogP contribution >= 0.6 is 11.6 Å². The molecule has 0 aromatic carbocycles. The predicted molar refractivity (Wildman–Crippen MR) is 66.4 cm³/mol. The summed E-state index contributed by atoms with van der Waals surface area (Å²) in [6.07, 6.45) is 8.12. The van der Waals surface area contributed by atoms with Crippen LogP contribution < -0.4 is 5.73 Å². The Morgan fingerprint density at radius 1 is 1.50 bits per heavy atom. The second kappa shape index (κ2) is 5.19.